The van der Waals surface area contributed by atoms with Crippen LogP contribution in [-0.2, 0) is 10.8 Å². The largest absolute Gasteiger partial charge is 0.310 e. The van der Waals surface area contributed by atoms with Crippen molar-refractivity contribution in [3.05, 3.63) is 293 Å². The van der Waals surface area contributed by atoms with Crippen LogP contribution in [0, 0.1) is 0 Å². The summed E-state index contributed by atoms with van der Waals surface area (Å²) in [6, 6.07) is 92.3. The molecule has 0 fully saturated rings. The molecule has 10 aromatic rings. The van der Waals surface area contributed by atoms with Gasteiger partial charge in [-0.15, -0.1) is 0 Å². The number of anilines is 3. The number of rotatable bonds is 6. The van der Waals surface area contributed by atoms with Crippen molar-refractivity contribution >= 4 is 27.8 Å². The van der Waals surface area contributed by atoms with Gasteiger partial charge in [-0.25, -0.2) is 0 Å². The highest BCUT2D eigenvalue weighted by Gasteiger charge is 2.56. The third kappa shape index (κ3) is 5.01. The van der Waals surface area contributed by atoms with Crippen LogP contribution in [0.1, 0.15) is 44.5 Å². The fourth-order valence-corrected chi connectivity index (χ4v) is 11.1. The summed E-state index contributed by atoms with van der Waals surface area (Å²) in [5.74, 6) is 0. The zero-order valence-electron chi connectivity index (χ0n) is 33.6. The Kier molecular flexibility index (Phi) is 8.05. The lowest BCUT2D eigenvalue weighted by atomic mass is 9.51. The van der Waals surface area contributed by atoms with Crippen LogP contribution in [0.3, 0.4) is 0 Å². The Balaban J connectivity index is 1.13. The first-order chi connectivity index (χ1) is 30.3. The van der Waals surface area contributed by atoms with Crippen LogP contribution in [0.2, 0.25) is 0 Å². The second kappa shape index (κ2) is 13.9. The van der Waals surface area contributed by atoms with Gasteiger partial charge in [-0.3, -0.25) is 0 Å². The van der Waals surface area contributed by atoms with Crippen LogP contribution in [0.5, 0.6) is 0 Å². The molecule has 0 saturated carbocycles. The molecule has 2 aliphatic rings. The summed E-state index contributed by atoms with van der Waals surface area (Å²) in [5, 5.41) is 2.42. The summed E-state index contributed by atoms with van der Waals surface area (Å²) in [5.41, 5.74) is 17.8. The highest BCUT2D eigenvalue weighted by Crippen LogP contribution is 2.64. The van der Waals surface area contributed by atoms with Crippen LogP contribution < -0.4 is 4.90 Å². The van der Waals surface area contributed by atoms with E-state index >= 15 is 0 Å². The maximum atomic E-state index is 2.52. The fourth-order valence-electron chi connectivity index (χ4n) is 11.1. The second-order valence-corrected chi connectivity index (χ2v) is 16.3. The predicted octanol–water partition coefficient (Wildman–Crippen LogP) is 15.0. The molecule has 1 nitrogen and oxygen atoms in total. The van der Waals surface area contributed by atoms with Crippen molar-refractivity contribution < 1.29 is 0 Å². The first-order valence-corrected chi connectivity index (χ1v) is 21.3. The van der Waals surface area contributed by atoms with Crippen molar-refractivity contribution in [1.82, 2.24) is 0 Å². The van der Waals surface area contributed by atoms with E-state index in [2.05, 4.69) is 254 Å². The van der Waals surface area contributed by atoms with E-state index in [-0.39, 0.29) is 0 Å². The van der Waals surface area contributed by atoms with Gasteiger partial charge in [-0.2, -0.15) is 0 Å². The zero-order valence-corrected chi connectivity index (χ0v) is 33.6. The first kappa shape index (κ1) is 35.2. The Hall–Kier alpha value is -7.74. The first-order valence-electron chi connectivity index (χ1n) is 21.3. The quantitative estimate of drug-likeness (QED) is 0.163. The van der Waals surface area contributed by atoms with E-state index < -0.39 is 10.8 Å². The van der Waals surface area contributed by atoms with E-state index in [1.165, 1.54) is 77.5 Å². The van der Waals surface area contributed by atoms with Crippen molar-refractivity contribution in [2.45, 2.75) is 10.8 Å². The summed E-state index contributed by atoms with van der Waals surface area (Å²) < 4.78 is 0. The maximum absolute atomic E-state index is 2.52. The van der Waals surface area contributed by atoms with Gasteiger partial charge in [-0.05, 0) is 109 Å². The number of para-hydroxylation sites is 2. The number of hydrogen-bond donors (Lipinski definition) is 0. The lowest BCUT2D eigenvalue weighted by molar-refractivity contribution is 0.624. The monoisotopic (exact) mass is 775 g/mol. The van der Waals surface area contributed by atoms with E-state index in [0.717, 1.165) is 17.1 Å². The van der Waals surface area contributed by atoms with Crippen molar-refractivity contribution in [3.8, 4) is 22.3 Å². The fraction of sp³-hybridized carbons (Fsp3) is 0.0333. The van der Waals surface area contributed by atoms with E-state index in [0.29, 0.717) is 0 Å². The molecule has 61 heavy (non-hydrogen) atoms. The standard InChI is InChI=1S/C60H41N/c1-5-21-43(22-6-1)59(44-23-7-2-8-24-44)53-34-15-17-36-55(53)60(56-37-18-16-35-54(56)59)52-33-14-13-29-49(52)50-40-39-42(41-57(50)60)47-30-19-32-51-48(47)31-20-38-58(51)61(45-25-9-3-10-26-45)46-27-11-4-12-28-46/h1-41H. The topological polar surface area (TPSA) is 3.24 Å². The smallest absolute Gasteiger partial charge is 0.0720 e. The lowest BCUT2D eigenvalue weighted by Gasteiger charge is -2.50. The molecule has 10 aromatic carbocycles. The zero-order chi connectivity index (χ0) is 40.4. The highest BCUT2D eigenvalue weighted by atomic mass is 15.1. The average molecular weight is 776 g/mol. The number of hydrogen-bond acceptors (Lipinski definition) is 1. The van der Waals surface area contributed by atoms with Crippen LogP contribution in [0.4, 0.5) is 17.1 Å². The molecule has 1 spiro atoms. The minimum absolute atomic E-state index is 0.536. The summed E-state index contributed by atoms with van der Waals surface area (Å²) in [6.07, 6.45) is 0. The third-order valence-corrected chi connectivity index (χ3v) is 13.4. The molecule has 0 aromatic heterocycles. The number of nitrogens with zero attached hydrogens (tertiary/aromatic N) is 1. The normalized spacial score (nSPS) is 13.8. The number of benzene rings is 10. The Morgan fingerprint density at radius 1 is 0.262 bits per heavy atom. The predicted molar refractivity (Wildman–Crippen MR) is 253 cm³/mol. The molecule has 0 N–H and O–H groups in total. The summed E-state index contributed by atoms with van der Waals surface area (Å²) in [7, 11) is 0. The molecule has 0 atom stereocenters. The van der Waals surface area contributed by atoms with Gasteiger partial charge in [0.2, 0.25) is 0 Å². The molecule has 0 unspecified atom stereocenters. The van der Waals surface area contributed by atoms with Crippen LogP contribution in [0.15, 0.2) is 249 Å². The highest BCUT2D eigenvalue weighted by molar-refractivity contribution is 6.06. The number of fused-ring (bicyclic) bond motifs is 10. The van der Waals surface area contributed by atoms with Gasteiger partial charge >= 0.3 is 0 Å². The van der Waals surface area contributed by atoms with E-state index in [9.17, 15) is 0 Å². The van der Waals surface area contributed by atoms with Gasteiger partial charge in [0.25, 0.3) is 0 Å². The third-order valence-electron chi connectivity index (χ3n) is 13.4. The molecular formula is C60H41N. The molecule has 0 aliphatic heterocycles. The molecule has 0 radical (unpaired) electrons. The van der Waals surface area contributed by atoms with Gasteiger partial charge in [0.1, 0.15) is 0 Å². The van der Waals surface area contributed by atoms with Crippen molar-refractivity contribution in [2.24, 2.45) is 0 Å². The molecule has 1 heteroatoms. The molecule has 286 valence electrons. The van der Waals surface area contributed by atoms with Gasteiger partial charge in [0.05, 0.1) is 16.5 Å². The van der Waals surface area contributed by atoms with Gasteiger partial charge in [0, 0.05) is 16.8 Å². The van der Waals surface area contributed by atoms with Crippen molar-refractivity contribution in [1.29, 1.82) is 0 Å². The minimum Gasteiger partial charge on any atom is -0.310 e. The Bertz CT molecular complexity index is 3110. The molecule has 0 bridgehead atoms. The van der Waals surface area contributed by atoms with Gasteiger partial charge in [-0.1, -0.05) is 212 Å². The van der Waals surface area contributed by atoms with Gasteiger partial charge in [0.15, 0.2) is 0 Å². The molecular weight excluding hydrogens is 735 g/mol. The van der Waals surface area contributed by atoms with Crippen molar-refractivity contribution in [2.75, 3.05) is 4.90 Å². The molecule has 0 saturated heterocycles. The lowest BCUT2D eigenvalue weighted by Crippen LogP contribution is -2.44. The Labute approximate surface area is 357 Å². The summed E-state index contributed by atoms with van der Waals surface area (Å²) in [4.78, 5) is 2.38. The molecule has 2 aliphatic carbocycles. The van der Waals surface area contributed by atoms with E-state index in [1.807, 2.05) is 0 Å². The SMILES string of the molecule is c1ccc(N(c2ccccc2)c2cccc3c(-c4ccc5c(c4)C4(c6ccccc6-5)c5ccccc5C(c5ccccc5)(c5ccccc5)c5ccccc54)cccc23)cc1. The van der Waals surface area contributed by atoms with Gasteiger partial charge < -0.3 is 4.90 Å². The molecule has 12 rings (SSSR count). The van der Waals surface area contributed by atoms with Crippen LogP contribution in [0.25, 0.3) is 33.0 Å². The van der Waals surface area contributed by atoms with Crippen LogP contribution >= 0.6 is 0 Å². The second-order valence-electron chi connectivity index (χ2n) is 16.3. The average Bonchev–Trinajstić information content (AvgIpc) is 3.63. The Morgan fingerprint density at radius 2 is 0.689 bits per heavy atom. The minimum atomic E-state index is -0.560. The summed E-state index contributed by atoms with van der Waals surface area (Å²) >= 11 is 0. The van der Waals surface area contributed by atoms with Crippen molar-refractivity contribution in [3.63, 3.8) is 0 Å². The maximum Gasteiger partial charge on any atom is 0.0720 e. The molecule has 0 amide bonds. The van der Waals surface area contributed by atoms with E-state index in [4.69, 9.17) is 0 Å². The van der Waals surface area contributed by atoms with Crippen LogP contribution in [-0.4, -0.2) is 0 Å². The van der Waals surface area contributed by atoms with E-state index in [1.54, 1.807) is 0 Å². The Morgan fingerprint density at radius 3 is 1.26 bits per heavy atom. The molecule has 0 heterocycles. The summed E-state index contributed by atoms with van der Waals surface area (Å²) in [6.45, 7) is 0.